The third kappa shape index (κ3) is 8.25. The molecule has 3 N–H and O–H groups in total. The SMILES string of the molecule is CN(CC(O)(c1ccccc1-c1nccs1)C(Cc1ccccc1)NC(=O)C(F)(F)F)NC(=O)OC(C)(C)C. The highest BCUT2D eigenvalue weighted by Crippen LogP contribution is 2.37. The smallest absolute Gasteiger partial charge is 0.443 e. The largest absolute Gasteiger partial charge is 0.471 e. The first-order valence-electron chi connectivity index (χ1n) is 12.0. The molecule has 2 unspecified atom stereocenters. The average Bonchev–Trinajstić information content (AvgIpc) is 3.37. The zero-order valence-electron chi connectivity index (χ0n) is 22.0. The van der Waals surface area contributed by atoms with Crippen LogP contribution in [0.15, 0.2) is 66.2 Å². The van der Waals surface area contributed by atoms with Gasteiger partial charge in [0.1, 0.15) is 16.2 Å². The van der Waals surface area contributed by atoms with Crippen molar-refractivity contribution in [3.63, 3.8) is 0 Å². The molecule has 0 radical (unpaired) electrons. The summed E-state index contributed by atoms with van der Waals surface area (Å²) in [5.74, 6) is -2.20. The van der Waals surface area contributed by atoms with Crippen LogP contribution < -0.4 is 10.7 Å². The summed E-state index contributed by atoms with van der Waals surface area (Å²) < 4.78 is 45.6. The number of hydrogen-bond donors (Lipinski definition) is 3. The molecule has 0 aliphatic carbocycles. The lowest BCUT2D eigenvalue weighted by Gasteiger charge is -2.40. The number of hydrazine groups is 1. The summed E-state index contributed by atoms with van der Waals surface area (Å²) in [6, 6.07) is 13.6. The van der Waals surface area contributed by atoms with E-state index in [1.807, 2.05) is 5.32 Å². The van der Waals surface area contributed by atoms with Crippen LogP contribution in [0.1, 0.15) is 31.9 Å². The maximum atomic E-state index is 13.4. The average molecular weight is 565 g/mol. The normalized spacial score (nSPS) is 14.4. The molecule has 1 heterocycles. The van der Waals surface area contributed by atoms with Crippen LogP contribution in [-0.4, -0.2) is 58.5 Å². The van der Waals surface area contributed by atoms with Gasteiger partial charge >= 0.3 is 18.2 Å². The Morgan fingerprint density at radius 2 is 1.72 bits per heavy atom. The molecule has 0 fully saturated rings. The highest BCUT2D eigenvalue weighted by molar-refractivity contribution is 7.13. The Balaban J connectivity index is 2.11. The highest BCUT2D eigenvalue weighted by atomic mass is 32.1. The first-order chi connectivity index (χ1) is 18.2. The number of amides is 2. The summed E-state index contributed by atoms with van der Waals surface area (Å²) in [5.41, 5.74) is 0.799. The molecule has 3 aromatic rings. The van der Waals surface area contributed by atoms with Crippen molar-refractivity contribution >= 4 is 23.3 Å². The molecular weight excluding hydrogens is 533 g/mol. The molecule has 3 rings (SSSR count). The van der Waals surface area contributed by atoms with Crippen LogP contribution in [0.2, 0.25) is 0 Å². The lowest BCUT2D eigenvalue weighted by Crippen LogP contribution is -2.60. The van der Waals surface area contributed by atoms with Crippen LogP contribution in [-0.2, 0) is 21.6 Å². The maximum absolute atomic E-state index is 13.4. The van der Waals surface area contributed by atoms with Gasteiger partial charge in [0.25, 0.3) is 0 Å². The number of carbonyl (C=O) groups is 2. The standard InChI is InChI=1S/C27H31F3N4O4S/c1-25(2,3)38-24(36)33-34(4)17-26(37,20-13-9-8-12-19(20)22-31-14-15-39-22)21(32-23(35)27(28,29)30)16-18-10-6-5-7-11-18/h5-15,21,37H,16-17H2,1-4H3,(H,32,35)(H,33,36). The summed E-state index contributed by atoms with van der Waals surface area (Å²) in [6.07, 6.45) is -4.59. The van der Waals surface area contributed by atoms with E-state index in [9.17, 15) is 27.9 Å². The van der Waals surface area contributed by atoms with E-state index < -0.39 is 42.0 Å². The lowest BCUT2D eigenvalue weighted by molar-refractivity contribution is -0.176. The van der Waals surface area contributed by atoms with E-state index in [0.29, 0.717) is 16.1 Å². The van der Waals surface area contributed by atoms with Crippen LogP contribution in [0.5, 0.6) is 0 Å². The predicted octanol–water partition coefficient (Wildman–Crippen LogP) is 4.66. The van der Waals surface area contributed by atoms with Crippen molar-refractivity contribution in [2.24, 2.45) is 0 Å². The van der Waals surface area contributed by atoms with Crippen molar-refractivity contribution in [3.05, 3.63) is 77.3 Å². The number of aliphatic hydroxyl groups is 1. The summed E-state index contributed by atoms with van der Waals surface area (Å²) >= 11 is 1.28. The van der Waals surface area contributed by atoms with E-state index >= 15 is 0 Å². The van der Waals surface area contributed by atoms with E-state index in [1.54, 1.807) is 86.9 Å². The Hall–Kier alpha value is -3.48. The van der Waals surface area contributed by atoms with Gasteiger partial charge in [0.15, 0.2) is 0 Å². The molecule has 2 atom stereocenters. The monoisotopic (exact) mass is 564 g/mol. The molecule has 39 heavy (non-hydrogen) atoms. The van der Waals surface area contributed by atoms with Gasteiger partial charge < -0.3 is 15.2 Å². The number of nitrogens with zero attached hydrogens (tertiary/aromatic N) is 2. The Kier molecular flexibility index (Phi) is 9.36. The Labute approximate surface area is 228 Å². The zero-order valence-corrected chi connectivity index (χ0v) is 22.8. The van der Waals surface area contributed by atoms with Gasteiger partial charge in [-0.2, -0.15) is 13.2 Å². The summed E-state index contributed by atoms with van der Waals surface area (Å²) in [6.45, 7) is 4.62. The van der Waals surface area contributed by atoms with Gasteiger partial charge in [0.05, 0.1) is 12.6 Å². The van der Waals surface area contributed by atoms with Gasteiger partial charge in [-0.3, -0.25) is 10.2 Å². The van der Waals surface area contributed by atoms with Crippen molar-refractivity contribution in [2.75, 3.05) is 13.6 Å². The molecule has 0 aliphatic rings. The Morgan fingerprint density at radius 1 is 1.08 bits per heavy atom. The number of rotatable bonds is 9. The summed E-state index contributed by atoms with van der Waals surface area (Å²) in [5, 5.41) is 17.9. The first-order valence-corrected chi connectivity index (χ1v) is 12.9. The molecule has 1 aromatic heterocycles. The summed E-state index contributed by atoms with van der Waals surface area (Å²) in [7, 11) is 1.44. The van der Waals surface area contributed by atoms with E-state index in [2.05, 4.69) is 10.4 Å². The molecule has 8 nitrogen and oxygen atoms in total. The number of alkyl halides is 3. The van der Waals surface area contributed by atoms with Gasteiger partial charge in [-0.15, -0.1) is 11.3 Å². The topological polar surface area (TPSA) is 104 Å². The van der Waals surface area contributed by atoms with E-state index in [1.165, 1.54) is 23.4 Å². The number of nitrogens with one attached hydrogen (secondary N) is 2. The van der Waals surface area contributed by atoms with Crippen LogP contribution in [0.3, 0.4) is 0 Å². The second-order valence-corrected chi connectivity index (χ2v) is 10.9. The molecular formula is C27H31F3N4O4S. The van der Waals surface area contributed by atoms with Gasteiger partial charge in [-0.1, -0.05) is 54.6 Å². The quantitative estimate of drug-likeness (QED) is 0.327. The minimum Gasteiger partial charge on any atom is -0.443 e. The first kappa shape index (κ1) is 30.1. The second-order valence-electron chi connectivity index (χ2n) is 9.99. The molecule has 0 saturated carbocycles. The number of aromatic nitrogens is 1. The minimum absolute atomic E-state index is 0.147. The lowest BCUT2D eigenvalue weighted by atomic mass is 9.80. The van der Waals surface area contributed by atoms with Crippen molar-refractivity contribution in [2.45, 2.75) is 50.6 Å². The third-order valence-electron chi connectivity index (χ3n) is 5.64. The summed E-state index contributed by atoms with van der Waals surface area (Å²) in [4.78, 5) is 29.0. The number of likely N-dealkylation sites (N-methyl/N-ethyl adjacent to an activating group) is 1. The van der Waals surface area contributed by atoms with Gasteiger partial charge in [0.2, 0.25) is 0 Å². The Morgan fingerprint density at radius 3 is 2.31 bits per heavy atom. The van der Waals surface area contributed by atoms with Crippen molar-refractivity contribution in [1.29, 1.82) is 0 Å². The van der Waals surface area contributed by atoms with Crippen molar-refractivity contribution in [1.82, 2.24) is 20.7 Å². The number of ether oxygens (including phenoxy) is 1. The van der Waals surface area contributed by atoms with Crippen molar-refractivity contribution < 1.29 is 32.6 Å². The number of thiazole rings is 1. The zero-order chi connectivity index (χ0) is 28.8. The van der Waals surface area contributed by atoms with E-state index in [0.717, 1.165) is 0 Å². The number of hydrogen-bond acceptors (Lipinski definition) is 7. The van der Waals surface area contributed by atoms with Gasteiger partial charge in [0, 0.05) is 24.2 Å². The van der Waals surface area contributed by atoms with Crippen LogP contribution in [0, 0.1) is 0 Å². The molecule has 12 heteroatoms. The second kappa shape index (κ2) is 12.1. The van der Waals surface area contributed by atoms with Crippen LogP contribution in [0.4, 0.5) is 18.0 Å². The van der Waals surface area contributed by atoms with Gasteiger partial charge in [-0.25, -0.2) is 14.8 Å². The molecule has 2 aromatic carbocycles. The predicted molar refractivity (Wildman–Crippen MR) is 142 cm³/mol. The van der Waals surface area contributed by atoms with E-state index in [-0.39, 0.29) is 12.0 Å². The molecule has 0 spiro atoms. The highest BCUT2D eigenvalue weighted by Gasteiger charge is 2.47. The van der Waals surface area contributed by atoms with Crippen molar-refractivity contribution in [3.8, 4) is 10.6 Å². The number of carbonyl (C=O) groups excluding carboxylic acids is 2. The fourth-order valence-corrected chi connectivity index (χ4v) is 4.75. The van der Waals surface area contributed by atoms with Crippen LogP contribution in [0.25, 0.3) is 10.6 Å². The number of halogens is 3. The van der Waals surface area contributed by atoms with Gasteiger partial charge in [-0.05, 0) is 38.3 Å². The fourth-order valence-electron chi connectivity index (χ4n) is 4.07. The fraction of sp³-hybridized carbons (Fsp3) is 0.370. The van der Waals surface area contributed by atoms with Crippen LogP contribution >= 0.6 is 11.3 Å². The third-order valence-corrected chi connectivity index (χ3v) is 6.44. The molecule has 210 valence electrons. The molecule has 0 bridgehead atoms. The minimum atomic E-state index is -5.19. The maximum Gasteiger partial charge on any atom is 0.471 e. The molecule has 0 aliphatic heterocycles. The molecule has 2 amide bonds. The molecule has 0 saturated heterocycles. The Bertz CT molecular complexity index is 1250. The van der Waals surface area contributed by atoms with E-state index in [4.69, 9.17) is 4.74 Å². The number of benzene rings is 2.